The van der Waals surface area contributed by atoms with Crippen molar-refractivity contribution >= 4 is 0 Å². The molecule has 72 valence electrons. The molecule has 1 unspecified atom stereocenters. The molecule has 1 nitrogen and oxygen atoms in total. The van der Waals surface area contributed by atoms with Gasteiger partial charge in [0.1, 0.15) is 0 Å². The van der Waals surface area contributed by atoms with Crippen molar-refractivity contribution in [1.82, 2.24) is 0 Å². The Balaban J connectivity index is 2.90. The molecule has 1 aromatic rings. The summed E-state index contributed by atoms with van der Waals surface area (Å²) in [6, 6.07) is 8.39. The molecule has 0 aromatic heterocycles. The standard InChI is InChI=1S/C12H18O/c1-3-6-11-7-4-5-8-12(11)10(2)9-13/h4-5,7-8,10,13H,3,6,9H2,1-2H3. The second-order valence-corrected chi connectivity index (χ2v) is 3.53. The van der Waals surface area contributed by atoms with Gasteiger partial charge < -0.3 is 5.11 Å². The lowest BCUT2D eigenvalue weighted by atomic mass is 9.94. The van der Waals surface area contributed by atoms with Crippen molar-refractivity contribution in [3.05, 3.63) is 35.4 Å². The number of hydrogen-bond acceptors (Lipinski definition) is 1. The van der Waals surface area contributed by atoms with Crippen LogP contribution in [0.3, 0.4) is 0 Å². The Morgan fingerprint density at radius 1 is 1.31 bits per heavy atom. The molecule has 0 radical (unpaired) electrons. The molecule has 0 aliphatic heterocycles. The molecule has 1 aromatic carbocycles. The van der Waals surface area contributed by atoms with E-state index in [9.17, 15) is 0 Å². The van der Waals surface area contributed by atoms with Crippen molar-refractivity contribution in [3.63, 3.8) is 0 Å². The summed E-state index contributed by atoms with van der Waals surface area (Å²) in [5, 5.41) is 9.08. The van der Waals surface area contributed by atoms with E-state index in [0.717, 1.165) is 12.8 Å². The Kier molecular flexibility index (Phi) is 3.97. The summed E-state index contributed by atoms with van der Waals surface area (Å²) in [7, 11) is 0. The molecule has 0 amide bonds. The van der Waals surface area contributed by atoms with Crippen molar-refractivity contribution in [2.75, 3.05) is 6.61 Å². The predicted octanol–water partition coefficient (Wildman–Crippen LogP) is 2.73. The van der Waals surface area contributed by atoms with Crippen LogP contribution >= 0.6 is 0 Å². The van der Waals surface area contributed by atoms with Gasteiger partial charge in [0.15, 0.2) is 0 Å². The number of aryl methyl sites for hydroxylation is 1. The van der Waals surface area contributed by atoms with Gasteiger partial charge in [0.25, 0.3) is 0 Å². The summed E-state index contributed by atoms with van der Waals surface area (Å²) in [4.78, 5) is 0. The van der Waals surface area contributed by atoms with Crippen molar-refractivity contribution in [2.45, 2.75) is 32.6 Å². The number of aliphatic hydroxyl groups excluding tert-OH is 1. The zero-order valence-corrected chi connectivity index (χ0v) is 8.46. The Hall–Kier alpha value is -0.820. The Morgan fingerprint density at radius 3 is 2.62 bits per heavy atom. The molecule has 0 aliphatic carbocycles. The third kappa shape index (κ3) is 2.56. The summed E-state index contributed by atoms with van der Waals surface area (Å²) in [6.45, 7) is 4.48. The van der Waals surface area contributed by atoms with Crippen molar-refractivity contribution in [3.8, 4) is 0 Å². The topological polar surface area (TPSA) is 20.2 Å². The maximum absolute atomic E-state index is 9.08. The molecule has 13 heavy (non-hydrogen) atoms. The summed E-state index contributed by atoms with van der Waals surface area (Å²) >= 11 is 0. The number of aliphatic hydroxyl groups is 1. The van der Waals surface area contributed by atoms with E-state index in [4.69, 9.17) is 5.11 Å². The molecule has 0 heterocycles. The molecule has 1 rings (SSSR count). The Labute approximate surface area is 80.4 Å². The molecule has 0 bridgehead atoms. The highest BCUT2D eigenvalue weighted by Gasteiger charge is 2.07. The van der Waals surface area contributed by atoms with Crippen LogP contribution < -0.4 is 0 Å². The zero-order valence-electron chi connectivity index (χ0n) is 8.46. The Morgan fingerprint density at radius 2 is 2.00 bits per heavy atom. The van der Waals surface area contributed by atoms with Gasteiger partial charge in [0, 0.05) is 12.5 Å². The molecule has 1 N–H and O–H groups in total. The summed E-state index contributed by atoms with van der Waals surface area (Å²) in [6.07, 6.45) is 2.27. The second-order valence-electron chi connectivity index (χ2n) is 3.53. The fourth-order valence-corrected chi connectivity index (χ4v) is 1.61. The number of rotatable bonds is 4. The summed E-state index contributed by atoms with van der Waals surface area (Å²) < 4.78 is 0. The van der Waals surface area contributed by atoms with Gasteiger partial charge in [0.05, 0.1) is 0 Å². The quantitative estimate of drug-likeness (QED) is 0.751. The van der Waals surface area contributed by atoms with Crippen LogP contribution in [0.25, 0.3) is 0 Å². The summed E-state index contributed by atoms with van der Waals surface area (Å²) in [5.74, 6) is 0.266. The lowest BCUT2D eigenvalue weighted by molar-refractivity contribution is 0.272. The number of benzene rings is 1. The minimum Gasteiger partial charge on any atom is -0.396 e. The van der Waals surface area contributed by atoms with Crippen LogP contribution in [-0.4, -0.2) is 11.7 Å². The molecular formula is C12H18O. The molecule has 0 saturated heterocycles. The van der Waals surface area contributed by atoms with Gasteiger partial charge in [-0.25, -0.2) is 0 Å². The lowest BCUT2D eigenvalue weighted by Crippen LogP contribution is -2.02. The largest absolute Gasteiger partial charge is 0.396 e. The van der Waals surface area contributed by atoms with E-state index in [-0.39, 0.29) is 12.5 Å². The minimum absolute atomic E-state index is 0.237. The van der Waals surface area contributed by atoms with Crippen LogP contribution in [0.1, 0.15) is 37.3 Å². The fraction of sp³-hybridized carbons (Fsp3) is 0.500. The van der Waals surface area contributed by atoms with E-state index in [1.165, 1.54) is 11.1 Å². The van der Waals surface area contributed by atoms with Crippen LogP contribution in [0.15, 0.2) is 24.3 Å². The third-order valence-corrected chi connectivity index (χ3v) is 2.38. The van der Waals surface area contributed by atoms with Gasteiger partial charge in [0.2, 0.25) is 0 Å². The lowest BCUT2D eigenvalue weighted by Gasteiger charge is -2.13. The van der Waals surface area contributed by atoms with Crippen LogP contribution in [-0.2, 0) is 6.42 Å². The highest BCUT2D eigenvalue weighted by Crippen LogP contribution is 2.20. The van der Waals surface area contributed by atoms with Crippen molar-refractivity contribution in [1.29, 1.82) is 0 Å². The SMILES string of the molecule is CCCc1ccccc1C(C)CO. The maximum atomic E-state index is 9.08. The van der Waals surface area contributed by atoms with E-state index in [0.29, 0.717) is 0 Å². The minimum atomic E-state index is 0.237. The molecule has 0 aliphatic rings. The second kappa shape index (κ2) is 5.03. The maximum Gasteiger partial charge on any atom is 0.0497 e. The van der Waals surface area contributed by atoms with Crippen LogP contribution in [0.5, 0.6) is 0 Å². The van der Waals surface area contributed by atoms with Crippen molar-refractivity contribution < 1.29 is 5.11 Å². The average Bonchev–Trinajstić information content (AvgIpc) is 2.18. The van der Waals surface area contributed by atoms with E-state index in [1.54, 1.807) is 0 Å². The highest BCUT2D eigenvalue weighted by atomic mass is 16.3. The first-order valence-corrected chi connectivity index (χ1v) is 4.98. The predicted molar refractivity (Wildman–Crippen MR) is 55.9 cm³/mol. The van der Waals surface area contributed by atoms with E-state index < -0.39 is 0 Å². The first-order valence-electron chi connectivity index (χ1n) is 4.98. The van der Waals surface area contributed by atoms with Gasteiger partial charge >= 0.3 is 0 Å². The first kappa shape index (κ1) is 10.3. The van der Waals surface area contributed by atoms with Crippen LogP contribution in [0.2, 0.25) is 0 Å². The molecule has 1 atom stereocenters. The van der Waals surface area contributed by atoms with Gasteiger partial charge in [-0.05, 0) is 17.5 Å². The average molecular weight is 178 g/mol. The first-order chi connectivity index (χ1) is 6.29. The van der Waals surface area contributed by atoms with Crippen LogP contribution in [0.4, 0.5) is 0 Å². The molecule has 1 heteroatoms. The third-order valence-electron chi connectivity index (χ3n) is 2.38. The molecular weight excluding hydrogens is 160 g/mol. The van der Waals surface area contributed by atoms with Gasteiger partial charge in [-0.3, -0.25) is 0 Å². The van der Waals surface area contributed by atoms with Gasteiger partial charge in [-0.15, -0.1) is 0 Å². The molecule has 0 spiro atoms. The van der Waals surface area contributed by atoms with Crippen LogP contribution in [0, 0.1) is 0 Å². The zero-order chi connectivity index (χ0) is 9.68. The Bertz CT molecular complexity index is 255. The summed E-state index contributed by atoms with van der Waals surface area (Å²) in [5.41, 5.74) is 2.68. The smallest absolute Gasteiger partial charge is 0.0497 e. The van der Waals surface area contributed by atoms with Gasteiger partial charge in [-0.2, -0.15) is 0 Å². The molecule has 0 saturated carbocycles. The monoisotopic (exact) mass is 178 g/mol. The van der Waals surface area contributed by atoms with Gasteiger partial charge in [-0.1, -0.05) is 44.5 Å². The molecule has 0 fully saturated rings. The van der Waals surface area contributed by atoms with Crippen molar-refractivity contribution in [2.24, 2.45) is 0 Å². The van der Waals surface area contributed by atoms with E-state index in [2.05, 4.69) is 32.0 Å². The highest BCUT2D eigenvalue weighted by molar-refractivity contribution is 5.30. The van der Waals surface area contributed by atoms with E-state index >= 15 is 0 Å². The number of hydrogen-bond donors (Lipinski definition) is 1. The fourth-order valence-electron chi connectivity index (χ4n) is 1.61. The normalized spacial score (nSPS) is 12.8. The van der Waals surface area contributed by atoms with E-state index in [1.807, 2.05) is 6.07 Å².